The number of hydrogen-bond acceptors (Lipinski definition) is 3. The summed E-state index contributed by atoms with van der Waals surface area (Å²) in [6, 6.07) is 15.8. The van der Waals surface area contributed by atoms with Gasteiger partial charge in [0.05, 0.1) is 18.3 Å². The fourth-order valence-electron chi connectivity index (χ4n) is 4.18. The summed E-state index contributed by atoms with van der Waals surface area (Å²) in [7, 11) is 3.48. The van der Waals surface area contributed by atoms with Crippen molar-refractivity contribution in [2.45, 2.75) is 25.7 Å². The topological polar surface area (TPSA) is 63.6 Å². The van der Waals surface area contributed by atoms with E-state index in [2.05, 4.69) is 24.4 Å². The molecular weight excluding hydrogens is 378 g/mol. The number of carbonyl (C=O) groups excluding carboxylic acids is 2. The molecule has 2 heterocycles. The maximum absolute atomic E-state index is 13.3. The summed E-state index contributed by atoms with van der Waals surface area (Å²) in [6.07, 6.45) is 1.30. The molecule has 2 aromatic carbocycles. The fourth-order valence-corrected chi connectivity index (χ4v) is 4.18. The molecular formula is C24H27N3O3. The number of amides is 2. The van der Waals surface area contributed by atoms with E-state index in [1.165, 1.54) is 5.56 Å². The van der Waals surface area contributed by atoms with Crippen molar-refractivity contribution in [3.8, 4) is 5.75 Å². The average Bonchev–Trinajstić information content (AvgIpc) is 3.32. The van der Waals surface area contributed by atoms with Crippen LogP contribution in [0, 0.1) is 0 Å². The molecule has 4 rings (SSSR count). The summed E-state index contributed by atoms with van der Waals surface area (Å²) in [4.78, 5) is 27.6. The lowest BCUT2D eigenvalue weighted by molar-refractivity contribution is -0.117. The molecule has 6 nitrogen and oxygen atoms in total. The molecule has 2 amide bonds. The Morgan fingerprint density at radius 2 is 1.97 bits per heavy atom. The molecule has 0 radical (unpaired) electrons. The molecule has 1 atom stereocenters. The second-order valence-electron chi connectivity index (χ2n) is 7.81. The largest absolute Gasteiger partial charge is 0.497 e. The van der Waals surface area contributed by atoms with Gasteiger partial charge in [-0.1, -0.05) is 37.3 Å². The number of aryl methyl sites for hydroxylation is 1. The van der Waals surface area contributed by atoms with Gasteiger partial charge in [-0.25, -0.2) is 0 Å². The van der Waals surface area contributed by atoms with Gasteiger partial charge in [0.25, 0.3) is 5.91 Å². The van der Waals surface area contributed by atoms with Crippen molar-refractivity contribution in [2.75, 3.05) is 25.1 Å². The van der Waals surface area contributed by atoms with E-state index < -0.39 is 0 Å². The third-order valence-corrected chi connectivity index (χ3v) is 5.88. The van der Waals surface area contributed by atoms with Crippen molar-refractivity contribution in [2.24, 2.45) is 7.05 Å². The number of carbonyl (C=O) groups is 2. The monoisotopic (exact) mass is 405 g/mol. The van der Waals surface area contributed by atoms with E-state index in [0.717, 1.165) is 17.3 Å². The molecule has 30 heavy (non-hydrogen) atoms. The number of aromatic nitrogens is 1. The molecule has 0 unspecified atom stereocenters. The third-order valence-electron chi connectivity index (χ3n) is 5.88. The first-order chi connectivity index (χ1) is 14.5. The number of hydrogen-bond donors (Lipinski definition) is 1. The van der Waals surface area contributed by atoms with E-state index in [1.54, 1.807) is 12.0 Å². The van der Waals surface area contributed by atoms with E-state index in [1.807, 2.05) is 48.0 Å². The van der Waals surface area contributed by atoms with Gasteiger partial charge < -0.3 is 19.5 Å². The summed E-state index contributed by atoms with van der Waals surface area (Å²) in [5, 5.41) is 3.93. The Bertz CT molecular complexity index is 1090. The maximum atomic E-state index is 13.3. The third kappa shape index (κ3) is 3.54. The number of ether oxygens (including phenoxy) is 1. The van der Waals surface area contributed by atoms with Crippen molar-refractivity contribution >= 4 is 28.4 Å². The minimum Gasteiger partial charge on any atom is -0.497 e. The maximum Gasteiger partial charge on any atom is 0.270 e. The van der Waals surface area contributed by atoms with Gasteiger partial charge in [0, 0.05) is 31.9 Å². The highest BCUT2D eigenvalue weighted by molar-refractivity contribution is 6.14. The molecule has 6 heteroatoms. The molecule has 1 aliphatic rings. The first-order valence-corrected chi connectivity index (χ1v) is 10.3. The smallest absolute Gasteiger partial charge is 0.270 e. The molecule has 0 saturated carbocycles. The van der Waals surface area contributed by atoms with Crippen LogP contribution in [0.15, 0.2) is 48.5 Å². The second kappa shape index (κ2) is 8.22. The van der Waals surface area contributed by atoms with Crippen LogP contribution < -0.4 is 15.0 Å². The normalized spacial score (nSPS) is 14.9. The molecule has 1 aromatic heterocycles. The molecule has 1 N–H and O–H groups in total. The van der Waals surface area contributed by atoms with E-state index in [9.17, 15) is 9.59 Å². The summed E-state index contributed by atoms with van der Waals surface area (Å²) in [5.74, 6) is 0.759. The second-order valence-corrected chi connectivity index (χ2v) is 7.81. The van der Waals surface area contributed by atoms with Crippen LogP contribution in [0.4, 0.5) is 5.69 Å². The van der Waals surface area contributed by atoms with E-state index in [-0.39, 0.29) is 17.7 Å². The minimum absolute atomic E-state index is 0.0528. The van der Waals surface area contributed by atoms with Gasteiger partial charge >= 0.3 is 0 Å². The standard InChI is InChI=1S/C24H27N3O3/c1-16(17-8-5-4-6-9-17)15-25-24(29)23-22(27-13-7-10-21(27)28)19-14-18(30-3)11-12-20(19)26(23)2/h4-6,8-9,11-12,14,16H,7,10,13,15H2,1-3H3,(H,25,29)/t16-/m1/s1. The molecule has 0 spiro atoms. The molecule has 1 aliphatic heterocycles. The number of benzene rings is 2. The van der Waals surface area contributed by atoms with Crippen LogP contribution in [0.25, 0.3) is 10.9 Å². The summed E-state index contributed by atoms with van der Waals surface area (Å²) in [6.45, 7) is 3.23. The number of methoxy groups -OCH3 is 1. The predicted octanol–water partition coefficient (Wildman–Crippen LogP) is 3.85. The molecule has 0 aliphatic carbocycles. The fraction of sp³-hybridized carbons (Fsp3) is 0.333. The van der Waals surface area contributed by atoms with Crippen LogP contribution in [0.3, 0.4) is 0 Å². The Balaban J connectivity index is 1.71. The zero-order valence-electron chi connectivity index (χ0n) is 17.6. The molecule has 156 valence electrons. The Labute approximate surface area is 176 Å². The first-order valence-electron chi connectivity index (χ1n) is 10.3. The number of anilines is 1. The van der Waals surface area contributed by atoms with Crippen LogP contribution in [0.5, 0.6) is 5.75 Å². The Hall–Kier alpha value is -3.28. The minimum atomic E-state index is -0.176. The predicted molar refractivity (Wildman–Crippen MR) is 118 cm³/mol. The molecule has 1 saturated heterocycles. The van der Waals surface area contributed by atoms with Gasteiger partial charge in [-0.2, -0.15) is 0 Å². The Morgan fingerprint density at radius 3 is 2.63 bits per heavy atom. The van der Waals surface area contributed by atoms with Gasteiger partial charge in [0.2, 0.25) is 5.91 Å². The number of rotatable bonds is 6. The van der Waals surface area contributed by atoms with Gasteiger partial charge in [-0.05, 0) is 36.1 Å². The van der Waals surface area contributed by atoms with Crippen LogP contribution in [-0.4, -0.2) is 36.6 Å². The number of nitrogens with one attached hydrogen (secondary N) is 1. The highest BCUT2D eigenvalue weighted by Crippen LogP contribution is 2.37. The van der Waals surface area contributed by atoms with Crippen LogP contribution in [0.2, 0.25) is 0 Å². The number of nitrogens with zero attached hydrogens (tertiary/aromatic N) is 2. The van der Waals surface area contributed by atoms with Gasteiger partial charge in [0.1, 0.15) is 11.4 Å². The summed E-state index contributed by atoms with van der Waals surface area (Å²) < 4.78 is 7.26. The quantitative estimate of drug-likeness (QED) is 0.678. The summed E-state index contributed by atoms with van der Waals surface area (Å²) >= 11 is 0. The SMILES string of the molecule is COc1ccc2c(c1)c(N1CCCC1=O)c(C(=O)NC[C@@H](C)c1ccccc1)n2C. The van der Waals surface area contributed by atoms with E-state index >= 15 is 0 Å². The van der Waals surface area contributed by atoms with Crippen molar-refractivity contribution in [1.82, 2.24) is 9.88 Å². The lowest BCUT2D eigenvalue weighted by Gasteiger charge is -2.19. The van der Waals surface area contributed by atoms with Gasteiger partial charge in [-0.3, -0.25) is 9.59 Å². The van der Waals surface area contributed by atoms with Crippen molar-refractivity contribution < 1.29 is 14.3 Å². The molecule has 3 aromatic rings. The zero-order valence-corrected chi connectivity index (χ0v) is 17.6. The van der Waals surface area contributed by atoms with Crippen molar-refractivity contribution in [3.05, 3.63) is 59.8 Å². The summed E-state index contributed by atoms with van der Waals surface area (Å²) in [5.41, 5.74) is 3.26. The average molecular weight is 405 g/mol. The highest BCUT2D eigenvalue weighted by Gasteiger charge is 2.31. The van der Waals surface area contributed by atoms with E-state index in [4.69, 9.17) is 4.74 Å². The lowest BCUT2D eigenvalue weighted by Crippen LogP contribution is -2.32. The van der Waals surface area contributed by atoms with Gasteiger partial charge in [-0.15, -0.1) is 0 Å². The number of fused-ring (bicyclic) bond motifs is 1. The molecule has 0 bridgehead atoms. The van der Waals surface area contributed by atoms with Crippen LogP contribution in [0.1, 0.15) is 41.7 Å². The van der Waals surface area contributed by atoms with Crippen LogP contribution in [-0.2, 0) is 11.8 Å². The van der Waals surface area contributed by atoms with E-state index in [0.29, 0.717) is 36.6 Å². The first kappa shape index (κ1) is 20.0. The highest BCUT2D eigenvalue weighted by atomic mass is 16.5. The van der Waals surface area contributed by atoms with Crippen LogP contribution >= 0.6 is 0 Å². The Kier molecular flexibility index (Phi) is 5.48. The lowest BCUT2D eigenvalue weighted by atomic mass is 10.0. The Morgan fingerprint density at radius 1 is 1.20 bits per heavy atom. The molecule has 1 fully saturated rings. The van der Waals surface area contributed by atoms with Crippen molar-refractivity contribution in [3.63, 3.8) is 0 Å². The van der Waals surface area contributed by atoms with Gasteiger partial charge in [0.15, 0.2) is 0 Å². The zero-order chi connectivity index (χ0) is 21.3. The van der Waals surface area contributed by atoms with Crippen molar-refractivity contribution in [1.29, 1.82) is 0 Å².